The summed E-state index contributed by atoms with van der Waals surface area (Å²) in [5.41, 5.74) is 1.85. The van der Waals surface area contributed by atoms with Gasteiger partial charge in [0.25, 0.3) is 0 Å². The third kappa shape index (κ3) is 4.87. The van der Waals surface area contributed by atoms with Gasteiger partial charge in [-0.25, -0.2) is 4.98 Å². The molecule has 1 heterocycles. The predicted octanol–water partition coefficient (Wildman–Crippen LogP) is 5.66. The smallest absolute Gasteiger partial charge is 0.152 e. The highest BCUT2D eigenvalue weighted by Crippen LogP contribution is 2.27. The lowest BCUT2D eigenvalue weighted by Crippen LogP contribution is -2.05. The third-order valence-corrected chi connectivity index (χ3v) is 3.99. The number of hydrogen-bond acceptors (Lipinski definition) is 3. The van der Waals surface area contributed by atoms with E-state index >= 15 is 0 Å². The SMILES string of the molecule is CCCOc1ccc(Br)cc1CNc1cc(Br)cnc1Cl. The van der Waals surface area contributed by atoms with Crippen molar-refractivity contribution in [1.82, 2.24) is 4.98 Å². The maximum absolute atomic E-state index is 6.08. The first-order valence-corrected chi connectivity index (χ1v) is 8.52. The minimum absolute atomic E-state index is 0.448. The van der Waals surface area contributed by atoms with E-state index in [2.05, 4.69) is 49.1 Å². The van der Waals surface area contributed by atoms with Crippen molar-refractivity contribution in [3.8, 4) is 5.75 Å². The van der Waals surface area contributed by atoms with Crippen LogP contribution in [0.25, 0.3) is 0 Å². The Morgan fingerprint density at radius 2 is 2.05 bits per heavy atom. The zero-order valence-electron chi connectivity index (χ0n) is 11.5. The fourth-order valence-corrected chi connectivity index (χ4v) is 2.69. The van der Waals surface area contributed by atoms with E-state index in [1.807, 2.05) is 24.3 Å². The Morgan fingerprint density at radius 1 is 1.24 bits per heavy atom. The molecule has 3 nitrogen and oxygen atoms in total. The van der Waals surface area contributed by atoms with Gasteiger partial charge in [0, 0.05) is 27.3 Å². The molecule has 6 heteroatoms. The van der Waals surface area contributed by atoms with Crippen molar-refractivity contribution in [2.75, 3.05) is 11.9 Å². The van der Waals surface area contributed by atoms with Crippen molar-refractivity contribution in [3.63, 3.8) is 0 Å². The molecule has 0 fully saturated rings. The Morgan fingerprint density at radius 3 is 2.81 bits per heavy atom. The molecule has 0 aliphatic heterocycles. The summed E-state index contributed by atoms with van der Waals surface area (Å²) in [7, 11) is 0. The van der Waals surface area contributed by atoms with Gasteiger partial charge in [0.15, 0.2) is 5.15 Å². The molecule has 0 amide bonds. The lowest BCUT2D eigenvalue weighted by molar-refractivity contribution is 0.314. The quantitative estimate of drug-likeness (QED) is 0.596. The van der Waals surface area contributed by atoms with Crippen molar-refractivity contribution < 1.29 is 4.74 Å². The molecule has 0 radical (unpaired) electrons. The topological polar surface area (TPSA) is 34.1 Å². The Hall–Kier alpha value is -0.780. The van der Waals surface area contributed by atoms with Gasteiger partial charge >= 0.3 is 0 Å². The molecule has 2 aromatic rings. The Bertz CT molecular complexity index is 623. The van der Waals surface area contributed by atoms with Gasteiger partial charge < -0.3 is 10.1 Å². The Kier molecular flexibility index (Phi) is 6.33. The summed E-state index contributed by atoms with van der Waals surface area (Å²) in [5.74, 6) is 0.881. The van der Waals surface area contributed by atoms with Crippen molar-refractivity contribution in [2.45, 2.75) is 19.9 Å². The van der Waals surface area contributed by atoms with Crippen molar-refractivity contribution in [2.24, 2.45) is 0 Å². The molecule has 0 bridgehead atoms. The summed E-state index contributed by atoms with van der Waals surface area (Å²) in [4.78, 5) is 4.10. The van der Waals surface area contributed by atoms with Gasteiger partial charge in [-0.1, -0.05) is 34.5 Å². The number of benzene rings is 1. The molecule has 112 valence electrons. The van der Waals surface area contributed by atoms with Crippen LogP contribution in [0.15, 0.2) is 39.4 Å². The zero-order chi connectivity index (χ0) is 15.2. The number of nitrogens with zero attached hydrogens (tertiary/aromatic N) is 1. The van der Waals surface area contributed by atoms with Crippen molar-refractivity contribution >= 4 is 49.1 Å². The summed E-state index contributed by atoms with van der Waals surface area (Å²) < 4.78 is 7.66. The standard InChI is InChI=1S/C15H15Br2ClN2O/c1-2-5-21-14-4-3-11(16)6-10(14)8-19-13-7-12(17)9-20-15(13)18/h3-4,6-7,9,19H,2,5,8H2,1H3. The number of rotatable bonds is 6. The molecule has 0 atom stereocenters. The molecule has 21 heavy (non-hydrogen) atoms. The lowest BCUT2D eigenvalue weighted by Gasteiger charge is -2.13. The number of halogens is 3. The van der Waals surface area contributed by atoms with Gasteiger partial charge in [-0.3, -0.25) is 0 Å². The summed E-state index contributed by atoms with van der Waals surface area (Å²) in [6, 6.07) is 7.89. The molecular formula is C15H15Br2ClN2O. The maximum Gasteiger partial charge on any atom is 0.152 e. The number of pyridine rings is 1. The van der Waals surface area contributed by atoms with Crippen LogP contribution in [0.2, 0.25) is 5.15 Å². The van der Waals surface area contributed by atoms with Gasteiger partial charge in [-0.15, -0.1) is 0 Å². The van der Waals surface area contributed by atoms with Crippen LogP contribution in [-0.4, -0.2) is 11.6 Å². The van der Waals surface area contributed by atoms with E-state index in [0.29, 0.717) is 18.3 Å². The van der Waals surface area contributed by atoms with E-state index in [9.17, 15) is 0 Å². The second kappa shape index (κ2) is 8.01. The van der Waals surface area contributed by atoms with Crippen molar-refractivity contribution in [1.29, 1.82) is 0 Å². The van der Waals surface area contributed by atoms with Crippen molar-refractivity contribution in [3.05, 3.63) is 50.1 Å². The number of hydrogen-bond donors (Lipinski definition) is 1. The van der Waals surface area contributed by atoms with Gasteiger partial charge in [-0.2, -0.15) is 0 Å². The predicted molar refractivity (Wildman–Crippen MR) is 94.2 cm³/mol. The fourth-order valence-electron chi connectivity index (χ4n) is 1.78. The highest BCUT2D eigenvalue weighted by molar-refractivity contribution is 9.10. The first-order chi connectivity index (χ1) is 10.1. The monoisotopic (exact) mass is 432 g/mol. The normalized spacial score (nSPS) is 10.5. The molecule has 1 N–H and O–H groups in total. The van der Waals surface area contributed by atoms with E-state index in [1.165, 1.54) is 0 Å². The molecule has 0 saturated heterocycles. The summed E-state index contributed by atoms with van der Waals surface area (Å²) in [6.07, 6.45) is 2.65. The highest BCUT2D eigenvalue weighted by Gasteiger charge is 2.07. The van der Waals surface area contributed by atoms with Crippen LogP contribution in [-0.2, 0) is 6.54 Å². The van der Waals surface area contributed by atoms with E-state index < -0.39 is 0 Å². The molecule has 2 rings (SSSR count). The Labute approximate surface area is 146 Å². The molecule has 0 aliphatic carbocycles. The second-order valence-corrected chi connectivity index (χ2v) is 6.64. The van der Waals surface area contributed by atoms with Crippen LogP contribution in [0.4, 0.5) is 5.69 Å². The number of aromatic nitrogens is 1. The van der Waals surface area contributed by atoms with Crippen LogP contribution >= 0.6 is 43.5 Å². The van der Waals surface area contributed by atoms with Crippen LogP contribution in [0, 0.1) is 0 Å². The van der Waals surface area contributed by atoms with E-state index in [0.717, 1.165) is 32.4 Å². The largest absolute Gasteiger partial charge is 0.493 e. The van der Waals surface area contributed by atoms with E-state index in [-0.39, 0.29) is 0 Å². The number of nitrogens with one attached hydrogen (secondary N) is 1. The van der Waals surface area contributed by atoms with E-state index in [4.69, 9.17) is 16.3 Å². The maximum atomic E-state index is 6.08. The third-order valence-electron chi connectivity index (χ3n) is 2.76. The fraction of sp³-hybridized carbons (Fsp3) is 0.267. The lowest BCUT2D eigenvalue weighted by atomic mass is 10.2. The van der Waals surface area contributed by atoms with Crippen LogP contribution in [0.1, 0.15) is 18.9 Å². The van der Waals surface area contributed by atoms with Gasteiger partial charge in [0.05, 0.1) is 12.3 Å². The van der Waals surface area contributed by atoms with Gasteiger partial charge in [0.1, 0.15) is 5.75 Å². The second-order valence-electron chi connectivity index (χ2n) is 4.45. The molecule has 1 aromatic heterocycles. The van der Waals surface area contributed by atoms with Crippen LogP contribution < -0.4 is 10.1 Å². The average Bonchev–Trinajstić information content (AvgIpc) is 2.47. The van der Waals surface area contributed by atoms with E-state index in [1.54, 1.807) is 6.20 Å². The number of anilines is 1. The van der Waals surface area contributed by atoms with Gasteiger partial charge in [-0.05, 0) is 46.6 Å². The van der Waals surface area contributed by atoms with Crippen LogP contribution in [0.3, 0.4) is 0 Å². The molecular weight excluding hydrogens is 419 g/mol. The highest BCUT2D eigenvalue weighted by atomic mass is 79.9. The zero-order valence-corrected chi connectivity index (χ0v) is 15.4. The summed E-state index contributed by atoms with van der Waals surface area (Å²) in [6.45, 7) is 3.40. The Balaban J connectivity index is 2.14. The first-order valence-electron chi connectivity index (χ1n) is 6.56. The molecule has 0 saturated carbocycles. The minimum atomic E-state index is 0.448. The summed E-state index contributed by atoms with van der Waals surface area (Å²) in [5, 5.41) is 3.74. The molecule has 1 aromatic carbocycles. The van der Waals surface area contributed by atoms with Crippen LogP contribution in [0.5, 0.6) is 5.75 Å². The molecule has 0 unspecified atom stereocenters. The summed E-state index contributed by atoms with van der Waals surface area (Å²) >= 11 is 13.0. The van der Waals surface area contributed by atoms with Gasteiger partial charge in [0.2, 0.25) is 0 Å². The average molecular weight is 435 g/mol. The first kappa shape index (κ1) is 16.6. The number of ether oxygens (including phenoxy) is 1. The molecule has 0 aliphatic rings. The minimum Gasteiger partial charge on any atom is -0.493 e. The molecule has 0 spiro atoms.